The van der Waals surface area contributed by atoms with Gasteiger partial charge in [-0.25, -0.2) is 0 Å². The van der Waals surface area contributed by atoms with Gasteiger partial charge in [0.05, 0.1) is 18.8 Å². The van der Waals surface area contributed by atoms with Gasteiger partial charge >= 0.3 is 12.5 Å². The van der Waals surface area contributed by atoms with E-state index in [1.54, 1.807) is 6.07 Å². The molecule has 2 rings (SSSR count). The number of aliphatic hydroxyl groups excluding tert-OH is 1. The summed E-state index contributed by atoms with van der Waals surface area (Å²) in [5.74, 6) is -0.682. The fraction of sp³-hybridized carbons (Fsp3) is 0.429. The summed E-state index contributed by atoms with van der Waals surface area (Å²) in [6.45, 7) is -0.305. The van der Waals surface area contributed by atoms with E-state index in [1.165, 1.54) is 24.3 Å². The number of rotatable bonds is 10. The first kappa shape index (κ1) is 24.8. The first-order valence-corrected chi connectivity index (χ1v) is 9.52. The highest BCUT2D eigenvalue weighted by Crippen LogP contribution is 2.37. The normalized spacial score (nSPS) is 13.2. The first-order chi connectivity index (χ1) is 14.5. The smallest absolute Gasteiger partial charge is 0.493 e. The first-order valence-electron chi connectivity index (χ1n) is 9.52. The van der Waals surface area contributed by atoms with E-state index >= 15 is 0 Å². The predicted molar refractivity (Wildman–Crippen MR) is 102 cm³/mol. The molecule has 2 aromatic rings. The Balaban J connectivity index is 1.96. The summed E-state index contributed by atoms with van der Waals surface area (Å²) in [5, 5.41) is 8.93. The molecular formula is C21H23F6NO3. The molecule has 0 aliphatic carbocycles. The van der Waals surface area contributed by atoms with Gasteiger partial charge in [-0.1, -0.05) is 18.2 Å². The fourth-order valence-corrected chi connectivity index (χ4v) is 2.88. The van der Waals surface area contributed by atoms with Gasteiger partial charge in [-0.15, -0.1) is 13.2 Å². The van der Waals surface area contributed by atoms with Crippen LogP contribution in [0.25, 0.3) is 0 Å². The summed E-state index contributed by atoms with van der Waals surface area (Å²) >= 11 is 0. The zero-order valence-corrected chi connectivity index (χ0v) is 16.5. The Morgan fingerprint density at radius 2 is 1.65 bits per heavy atom. The molecule has 0 spiro atoms. The van der Waals surface area contributed by atoms with Gasteiger partial charge in [0.2, 0.25) is 0 Å². The number of benzene rings is 2. The molecule has 0 fully saturated rings. The lowest BCUT2D eigenvalue weighted by Gasteiger charge is -2.16. The second kappa shape index (κ2) is 10.7. The summed E-state index contributed by atoms with van der Waals surface area (Å²) in [6.07, 6.45) is -8.21. The Morgan fingerprint density at radius 1 is 0.935 bits per heavy atom. The van der Waals surface area contributed by atoms with Gasteiger partial charge < -0.3 is 20.3 Å². The van der Waals surface area contributed by atoms with Crippen molar-refractivity contribution in [3.63, 3.8) is 0 Å². The average molecular weight is 451 g/mol. The van der Waals surface area contributed by atoms with Crippen LogP contribution in [0.15, 0.2) is 42.5 Å². The molecule has 2 aromatic carbocycles. The molecule has 0 aromatic heterocycles. The number of hydrogen-bond donors (Lipinski definition) is 2. The maximum atomic E-state index is 13.4. The van der Waals surface area contributed by atoms with Crippen LogP contribution in [0, 0.1) is 0 Å². The zero-order valence-electron chi connectivity index (χ0n) is 16.5. The van der Waals surface area contributed by atoms with Crippen molar-refractivity contribution in [1.82, 2.24) is 0 Å². The van der Waals surface area contributed by atoms with Crippen molar-refractivity contribution < 1.29 is 40.9 Å². The van der Waals surface area contributed by atoms with Crippen LogP contribution in [0.2, 0.25) is 0 Å². The van der Waals surface area contributed by atoms with Crippen LogP contribution in [0.4, 0.5) is 26.3 Å². The Labute approximate surface area is 175 Å². The minimum atomic E-state index is -4.80. The molecule has 4 nitrogen and oxygen atoms in total. The van der Waals surface area contributed by atoms with E-state index in [9.17, 15) is 26.3 Å². The molecular weight excluding hydrogens is 428 g/mol. The minimum Gasteiger partial charge on any atom is -0.493 e. The van der Waals surface area contributed by atoms with Gasteiger partial charge in [-0.3, -0.25) is 0 Å². The maximum Gasteiger partial charge on any atom is 0.573 e. The van der Waals surface area contributed by atoms with Gasteiger partial charge in [0.25, 0.3) is 0 Å². The Morgan fingerprint density at radius 3 is 2.29 bits per heavy atom. The number of aliphatic hydroxyl groups is 1. The second-order valence-electron chi connectivity index (χ2n) is 6.96. The number of alkyl halides is 6. The van der Waals surface area contributed by atoms with Crippen LogP contribution in [0.5, 0.6) is 11.5 Å². The van der Waals surface area contributed by atoms with Crippen LogP contribution in [0.3, 0.4) is 0 Å². The lowest BCUT2D eigenvalue weighted by molar-refractivity contribution is -0.274. The summed E-state index contributed by atoms with van der Waals surface area (Å²) in [7, 11) is 0. The van der Waals surface area contributed by atoms with Crippen LogP contribution in [-0.4, -0.2) is 30.7 Å². The topological polar surface area (TPSA) is 64.7 Å². The second-order valence-corrected chi connectivity index (χ2v) is 6.96. The molecule has 0 saturated carbocycles. The third-order valence-electron chi connectivity index (χ3n) is 4.39. The maximum absolute atomic E-state index is 13.4. The molecule has 0 aliphatic heterocycles. The van der Waals surface area contributed by atoms with Crippen molar-refractivity contribution in [3.05, 3.63) is 59.2 Å². The number of halogens is 6. The molecule has 0 aliphatic rings. The van der Waals surface area contributed by atoms with Crippen LogP contribution >= 0.6 is 0 Å². The highest BCUT2D eigenvalue weighted by molar-refractivity contribution is 5.39. The zero-order chi connectivity index (χ0) is 23.1. The summed E-state index contributed by atoms with van der Waals surface area (Å²) in [6, 6.07) is 8.62. The number of nitrogens with two attached hydrogens (primary N) is 1. The molecule has 0 amide bonds. The molecule has 1 unspecified atom stereocenters. The number of aryl methyl sites for hydroxylation is 2. The van der Waals surface area contributed by atoms with E-state index in [-0.39, 0.29) is 31.1 Å². The molecule has 10 heteroatoms. The Hall–Kier alpha value is -2.46. The van der Waals surface area contributed by atoms with Crippen LogP contribution < -0.4 is 15.2 Å². The van der Waals surface area contributed by atoms with Crippen molar-refractivity contribution in [1.29, 1.82) is 0 Å². The van der Waals surface area contributed by atoms with Crippen molar-refractivity contribution in [3.8, 4) is 11.5 Å². The molecule has 3 N–H and O–H groups in total. The van der Waals surface area contributed by atoms with E-state index in [0.717, 1.165) is 12.1 Å². The summed E-state index contributed by atoms with van der Waals surface area (Å²) in [5.41, 5.74) is 5.63. The van der Waals surface area contributed by atoms with Gasteiger partial charge in [-0.05, 0) is 61.1 Å². The average Bonchev–Trinajstić information content (AvgIpc) is 2.68. The minimum absolute atomic E-state index is 0.0534. The standard InChI is InChI=1S/C21H23F6NO3/c22-20(23,24)18-12-15(6-8-16(28)13-29)7-9-19(18)30-10-2-4-14-3-1-5-17(11-14)31-21(25,26)27/h1,3,5,7,9,11-12,16,29H,2,4,6,8,10,13,28H2. The third kappa shape index (κ3) is 8.66. The van der Waals surface area contributed by atoms with Gasteiger partial charge in [-0.2, -0.15) is 13.2 Å². The lowest BCUT2D eigenvalue weighted by atomic mass is 10.0. The van der Waals surface area contributed by atoms with Crippen molar-refractivity contribution in [2.24, 2.45) is 5.73 Å². The lowest BCUT2D eigenvalue weighted by Crippen LogP contribution is -2.24. The molecule has 1 atom stereocenters. The summed E-state index contributed by atoms with van der Waals surface area (Å²) < 4.78 is 86.2. The molecule has 0 saturated heterocycles. The number of hydrogen-bond acceptors (Lipinski definition) is 4. The van der Waals surface area contributed by atoms with Gasteiger partial charge in [0, 0.05) is 6.04 Å². The van der Waals surface area contributed by atoms with Gasteiger partial charge in [0.15, 0.2) is 0 Å². The monoisotopic (exact) mass is 451 g/mol. The molecule has 172 valence electrons. The van der Waals surface area contributed by atoms with Gasteiger partial charge in [0.1, 0.15) is 11.5 Å². The van der Waals surface area contributed by atoms with Crippen LogP contribution in [0.1, 0.15) is 29.5 Å². The third-order valence-corrected chi connectivity index (χ3v) is 4.39. The molecule has 0 bridgehead atoms. The van der Waals surface area contributed by atoms with E-state index in [0.29, 0.717) is 30.4 Å². The van der Waals surface area contributed by atoms with E-state index in [2.05, 4.69) is 4.74 Å². The Kier molecular flexibility index (Phi) is 8.58. The Bertz CT molecular complexity index is 839. The summed E-state index contributed by atoms with van der Waals surface area (Å²) in [4.78, 5) is 0. The van der Waals surface area contributed by atoms with Crippen LogP contribution in [-0.2, 0) is 19.0 Å². The molecule has 31 heavy (non-hydrogen) atoms. The molecule has 0 radical (unpaired) electrons. The predicted octanol–water partition coefficient (Wildman–Crippen LogP) is 4.87. The van der Waals surface area contributed by atoms with E-state index in [4.69, 9.17) is 15.6 Å². The van der Waals surface area contributed by atoms with Crippen molar-refractivity contribution in [2.75, 3.05) is 13.2 Å². The fourth-order valence-electron chi connectivity index (χ4n) is 2.88. The van der Waals surface area contributed by atoms with Crippen molar-refractivity contribution in [2.45, 2.75) is 44.3 Å². The number of ether oxygens (including phenoxy) is 2. The van der Waals surface area contributed by atoms with E-state index in [1.807, 2.05) is 0 Å². The quantitative estimate of drug-likeness (QED) is 0.400. The SMILES string of the molecule is NC(CO)CCc1ccc(OCCCc2cccc(OC(F)(F)F)c2)c(C(F)(F)F)c1. The largest absolute Gasteiger partial charge is 0.573 e. The molecule has 0 heterocycles. The van der Waals surface area contributed by atoms with E-state index < -0.39 is 24.1 Å². The van der Waals surface area contributed by atoms with Crippen molar-refractivity contribution >= 4 is 0 Å². The highest BCUT2D eigenvalue weighted by Gasteiger charge is 2.34. The highest BCUT2D eigenvalue weighted by atomic mass is 19.4.